The Labute approximate surface area is 138 Å². The maximum absolute atomic E-state index is 13.2. The van der Waals surface area contributed by atoms with Gasteiger partial charge in [0.1, 0.15) is 11.2 Å². The van der Waals surface area contributed by atoms with Gasteiger partial charge < -0.3 is 19.1 Å². The Morgan fingerprint density at radius 2 is 2.25 bits per heavy atom. The van der Waals surface area contributed by atoms with Crippen molar-refractivity contribution in [1.82, 2.24) is 24.0 Å². The molecular weight excluding hydrogens is 310 g/mol. The molecule has 5 rings (SSSR count). The highest BCUT2D eigenvalue weighted by Gasteiger charge is 2.61. The molecule has 3 aliphatic heterocycles. The molecule has 126 valence electrons. The number of fused-ring (bicyclic) bond motifs is 1. The Kier molecular flexibility index (Phi) is 2.69. The van der Waals surface area contributed by atoms with Crippen LogP contribution in [0.15, 0.2) is 18.6 Å². The van der Waals surface area contributed by atoms with Gasteiger partial charge in [-0.15, -0.1) is 0 Å². The first-order valence-corrected chi connectivity index (χ1v) is 8.36. The summed E-state index contributed by atoms with van der Waals surface area (Å²) >= 11 is 0. The van der Waals surface area contributed by atoms with E-state index in [0.717, 1.165) is 18.6 Å². The van der Waals surface area contributed by atoms with Crippen LogP contribution < -0.4 is 0 Å². The molecule has 0 aliphatic carbocycles. The highest BCUT2D eigenvalue weighted by Crippen LogP contribution is 2.45. The molecule has 2 amide bonds. The largest absolute Gasteiger partial charge is 0.353 e. The van der Waals surface area contributed by atoms with E-state index in [0.29, 0.717) is 31.6 Å². The lowest BCUT2D eigenvalue weighted by Crippen LogP contribution is -2.56. The molecule has 8 nitrogen and oxygen atoms in total. The van der Waals surface area contributed by atoms with Gasteiger partial charge in [-0.25, -0.2) is 4.52 Å². The second-order valence-electron chi connectivity index (χ2n) is 6.80. The summed E-state index contributed by atoms with van der Waals surface area (Å²) in [7, 11) is 1.89. The predicted molar refractivity (Wildman–Crippen MR) is 83.2 cm³/mol. The van der Waals surface area contributed by atoms with Crippen molar-refractivity contribution in [3.05, 3.63) is 24.2 Å². The van der Waals surface area contributed by atoms with Crippen LogP contribution in [0.2, 0.25) is 0 Å². The van der Waals surface area contributed by atoms with E-state index in [-0.39, 0.29) is 17.9 Å². The van der Waals surface area contributed by atoms with Gasteiger partial charge >= 0.3 is 0 Å². The molecule has 1 spiro atoms. The second kappa shape index (κ2) is 4.60. The lowest BCUT2D eigenvalue weighted by Gasteiger charge is -2.42. The molecule has 0 bridgehead atoms. The minimum Gasteiger partial charge on any atom is -0.353 e. The number of aromatic nitrogens is 3. The van der Waals surface area contributed by atoms with Crippen molar-refractivity contribution in [3.63, 3.8) is 0 Å². The van der Waals surface area contributed by atoms with E-state index in [4.69, 9.17) is 4.74 Å². The van der Waals surface area contributed by atoms with Gasteiger partial charge in [0.2, 0.25) is 5.91 Å². The first-order chi connectivity index (χ1) is 11.6. The molecule has 2 aromatic heterocycles. The Bertz CT molecular complexity index is 855. The van der Waals surface area contributed by atoms with Crippen molar-refractivity contribution in [1.29, 1.82) is 0 Å². The van der Waals surface area contributed by atoms with Crippen LogP contribution in [0, 0.1) is 0 Å². The zero-order valence-electron chi connectivity index (χ0n) is 13.5. The fourth-order valence-electron chi connectivity index (χ4n) is 4.55. The standard InChI is InChI=1S/C16H19N5O3/c1-18-6-7-21-14(18)11(10-17-21)15(23)19-5-3-16-12(19)9-13(22)20(16)4-2-8-24-16/h6-7,10,12H,2-5,8-9H2,1H3/t12-,16+/m1/s1. The predicted octanol–water partition coefficient (Wildman–Crippen LogP) is 0.236. The zero-order chi connectivity index (χ0) is 16.5. The van der Waals surface area contributed by atoms with Gasteiger partial charge in [-0.2, -0.15) is 5.10 Å². The van der Waals surface area contributed by atoms with Gasteiger partial charge in [0.25, 0.3) is 5.91 Å². The van der Waals surface area contributed by atoms with Crippen LogP contribution in [0.3, 0.4) is 0 Å². The van der Waals surface area contributed by atoms with E-state index in [1.54, 1.807) is 10.7 Å². The highest BCUT2D eigenvalue weighted by atomic mass is 16.5. The van der Waals surface area contributed by atoms with Crippen LogP contribution >= 0.6 is 0 Å². The smallest absolute Gasteiger partial charge is 0.259 e. The normalized spacial score (nSPS) is 29.4. The molecule has 5 heterocycles. The second-order valence-corrected chi connectivity index (χ2v) is 6.80. The topological polar surface area (TPSA) is 72.1 Å². The Hall–Kier alpha value is -2.35. The van der Waals surface area contributed by atoms with Crippen LogP contribution in [-0.2, 0) is 16.6 Å². The summed E-state index contributed by atoms with van der Waals surface area (Å²) < 4.78 is 9.64. The first-order valence-electron chi connectivity index (χ1n) is 8.36. The van der Waals surface area contributed by atoms with Gasteiger partial charge in [0, 0.05) is 39.0 Å². The Balaban J connectivity index is 1.53. The Morgan fingerprint density at radius 3 is 3.12 bits per heavy atom. The van der Waals surface area contributed by atoms with E-state index < -0.39 is 5.72 Å². The molecule has 8 heteroatoms. The SMILES string of the molecule is Cn1ccn2ncc(C(=O)N3CC[C@@]45OCCCN4C(=O)C[C@@H]35)c12. The number of imidazole rings is 1. The van der Waals surface area contributed by atoms with Crippen LogP contribution in [0.1, 0.15) is 29.6 Å². The summed E-state index contributed by atoms with van der Waals surface area (Å²) in [6.45, 7) is 1.99. The molecule has 2 atom stereocenters. The average molecular weight is 329 g/mol. The average Bonchev–Trinajstić information content (AvgIpc) is 3.29. The summed E-state index contributed by atoms with van der Waals surface area (Å²) in [5, 5.41) is 4.25. The number of amides is 2. The fraction of sp³-hybridized carbons (Fsp3) is 0.562. The van der Waals surface area contributed by atoms with E-state index in [2.05, 4.69) is 5.10 Å². The minimum atomic E-state index is -0.606. The molecule has 0 unspecified atom stereocenters. The van der Waals surface area contributed by atoms with Gasteiger partial charge in [-0.1, -0.05) is 0 Å². The van der Waals surface area contributed by atoms with Crippen LogP contribution in [0.4, 0.5) is 0 Å². The van der Waals surface area contributed by atoms with Gasteiger partial charge in [0.05, 0.1) is 25.3 Å². The van der Waals surface area contributed by atoms with Crippen molar-refractivity contribution in [2.75, 3.05) is 19.7 Å². The molecule has 3 fully saturated rings. The monoisotopic (exact) mass is 329 g/mol. The molecule has 24 heavy (non-hydrogen) atoms. The third kappa shape index (κ3) is 1.59. The number of carbonyl (C=O) groups excluding carboxylic acids is 2. The van der Waals surface area contributed by atoms with Gasteiger partial charge in [-0.3, -0.25) is 9.59 Å². The number of carbonyl (C=O) groups is 2. The number of nitrogens with zero attached hydrogens (tertiary/aromatic N) is 5. The minimum absolute atomic E-state index is 0.0718. The quantitative estimate of drug-likeness (QED) is 0.751. The van der Waals surface area contributed by atoms with Crippen molar-refractivity contribution in [2.24, 2.45) is 7.05 Å². The van der Waals surface area contributed by atoms with E-state index in [1.807, 2.05) is 33.8 Å². The lowest BCUT2D eigenvalue weighted by atomic mass is 10.0. The first kappa shape index (κ1) is 14.0. The molecular formula is C16H19N5O3. The summed E-state index contributed by atoms with van der Waals surface area (Å²) in [4.78, 5) is 29.2. The third-order valence-corrected chi connectivity index (χ3v) is 5.64. The number of hydrogen-bond donors (Lipinski definition) is 0. The molecule has 3 saturated heterocycles. The zero-order valence-corrected chi connectivity index (χ0v) is 13.5. The summed E-state index contributed by atoms with van der Waals surface area (Å²) in [5.41, 5.74) is 0.735. The van der Waals surface area contributed by atoms with Gasteiger partial charge in [-0.05, 0) is 6.42 Å². The number of aryl methyl sites for hydroxylation is 1. The maximum Gasteiger partial charge on any atom is 0.259 e. The van der Waals surface area contributed by atoms with Crippen LogP contribution in [0.5, 0.6) is 0 Å². The summed E-state index contributed by atoms with van der Waals surface area (Å²) in [6.07, 6.45) is 7.20. The van der Waals surface area contributed by atoms with Gasteiger partial charge in [0.15, 0.2) is 5.72 Å². The van der Waals surface area contributed by atoms with Crippen molar-refractivity contribution >= 4 is 17.5 Å². The molecule has 0 N–H and O–H groups in total. The molecule has 0 aromatic carbocycles. The number of rotatable bonds is 1. The van der Waals surface area contributed by atoms with Crippen molar-refractivity contribution < 1.29 is 14.3 Å². The number of likely N-dealkylation sites (tertiary alicyclic amines) is 1. The molecule has 2 aromatic rings. The van der Waals surface area contributed by atoms with Crippen LogP contribution in [-0.4, -0.2) is 67.3 Å². The van der Waals surface area contributed by atoms with E-state index >= 15 is 0 Å². The van der Waals surface area contributed by atoms with Crippen LogP contribution in [0.25, 0.3) is 5.65 Å². The number of ether oxygens (including phenoxy) is 1. The summed E-state index contributed by atoms with van der Waals surface area (Å²) in [5.74, 6) is 0.0220. The molecule has 0 radical (unpaired) electrons. The Morgan fingerprint density at radius 1 is 1.38 bits per heavy atom. The molecule has 3 aliphatic rings. The fourth-order valence-corrected chi connectivity index (χ4v) is 4.55. The summed E-state index contributed by atoms with van der Waals surface area (Å²) in [6, 6.07) is -0.201. The maximum atomic E-state index is 13.2. The third-order valence-electron chi connectivity index (χ3n) is 5.64. The lowest BCUT2D eigenvalue weighted by molar-refractivity contribution is -0.179. The van der Waals surface area contributed by atoms with Crippen molar-refractivity contribution in [2.45, 2.75) is 31.0 Å². The molecule has 0 saturated carbocycles. The highest BCUT2D eigenvalue weighted by molar-refractivity contribution is 6.00. The van der Waals surface area contributed by atoms with Crippen molar-refractivity contribution in [3.8, 4) is 0 Å². The van der Waals surface area contributed by atoms with E-state index in [1.165, 1.54) is 0 Å². The van der Waals surface area contributed by atoms with E-state index in [9.17, 15) is 9.59 Å². The number of hydrogen-bond acceptors (Lipinski definition) is 4.